The van der Waals surface area contributed by atoms with E-state index in [9.17, 15) is 13.2 Å². The minimum Gasteiger partial charge on any atom is -0.494 e. The molecule has 9 heteroatoms. The monoisotopic (exact) mass is 537 g/mol. The van der Waals surface area contributed by atoms with Crippen LogP contribution in [0.3, 0.4) is 0 Å². The van der Waals surface area contributed by atoms with Crippen LogP contribution in [0.25, 0.3) is 0 Å². The summed E-state index contributed by atoms with van der Waals surface area (Å²) in [5.74, 6) is 0.241. The lowest BCUT2D eigenvalue weighted by molar-refractivity contribution is -0.123. The maximum Gasteiger partial charge on any atom is 0.281 e. The molecule has 0 N–H and O–H groups in total. The van der Waals surface area contributed by atoms with Crippen molar-refractivity contribution in [3.05, 3.63) is 82.3 Å². The molecule has 0 aliphatic heterocycles. The van der Waals surface area contributed by atoms with E-state index in [-0.39, 0.29) is 10.6 Å². The Balaban J connectivity index is 2.00. The summed E-state index contributed by atoms with van der Waals surface area (Å²) >= 11 is 9.26. The van der Waals surface area contributed by atoms with Gasteiger partial charge in [-0.25, -0.2) is 8.42 Å². The molecule has 6 nitrogen and oxygen atoms in total. The fraction of sp³-hybridized carbons (Fsp3) is 0.174. The number of sulfonamides is 1. The van der Waals surface area contributed by atoms with E-state index in [1.165, 1.54) is 43.3 Å². The van der Waals surface area contributed by atoms with Gasteiger partial charge in [0.05, 0.1) is 17.2 Å². The summed E-state index contributed by atoms with van der Waals surface area (Å²) in [5, 5.41) is 0.384. The molecule has 0 bridgehead atoms. The van der Waals surface area contributed by atoms with Crippen LogP contribution in [0.4, 0.5) is 5.69 Å². The fourth-order valence-corrected chi connectivity index (χ4v) is 4.88. The number of rotatable bonds is 8. The van der Waals surface area contributed by atoms with Crippen molar-refractivity contribution in [2.24, 2.45) is 0 Å². The van der Waals surface area contributed by atoms with Crippen molar-refractivity contribution in [3.8, 4) is 11.5 Å². The number of hydrogen-bond acceptors (Lipinski definition) is 5. The van der Waals surface area contributed by atoms with Gasteiger partial charge < -0.3 is 9.47 Å². The van der Waals surface area contributed by atoms with E-state index in [2.05, 4.69) is 15.9 Å². The number of carbonyl (C=O) groups excluding carboxylic acids is 1. The van der Waals surface area contributed by atoms with Crippen LogP contribution in [-0.2, 0) is 14.8 Å². The first-order valence-corrected chi connectivity index (χ1v) is 12.3. The third-order valence-corrected chi connectivity index (χ3v) is 6.88. The molecule has 32 heavy (non-hydrogen) atoms. The highest BCUT2D eigenvalue weighted by Gasteiger charge is 2.35. The topological polar surface area (TPSA) is 72.9 Å². The molecule has 0 spiro atoms. The zero-order valence-electron chi connectivity index (χ0n) is 17.4. The largest absolute Gasteiger partial charge is 0.494 e. The Morgan fingerprint density at radius 1 is 1.03 bits per heavy atom. The molecular weight excluding hydrogens is 518 g/mol. The van der Waals surface area contributed by atoms with Gasteiger partial charge in [-0.3, -0.25) is 4.79 Å². The third kappa shape index (κ3) is 5.62. The van der Waals surface area contributed by atoms with Gasteiger partial charge in [0.15, 0.2) is 6.10 Å². The number of carbonyl (C=O) groups is 1. The molecule has 0 radical (unpaired) electrons. The Morgan fingerprint density at radius 3 is 2.28 bits per heavy atom. The summed E-state index contributed by atoms with van der Waals surface area (Å²) in [7, 11) is -4.25. The molecule has 0 heterocycles. The normalized spacial score (nSPS) is 12.1. The average molecular weight is 539 g/mol. The number of benzene rings is 3. The predicted octanol–water partition coefficient (Wildman–Crippen LogP) is 5.69. The second-order valence-electron chi connectivity index (χ2n) is 6.71. The van der Waals surface area contributed by atoms with E-state index in [4.69, 9.17) is 21.1 Å². The van der Waals surface area contributed by atoms with Gasteiger partial charge in [0, 0.05) is 9.50 Å². The standard InChI is InChI=1S/C23H21BrClNO5S/c1-3-30-20-11-9-19(10-12-20)26(32(28,29)22-13-7-18(25)8-14-22)23(27)16(2)31-21-6-4-5-17(24)15-21/h4-16H,3H2,1-2H3. The van der Waals surface area contributed by atoms with Crippen molar-refractivity contribution in [3.63, 3.8) is 0 Å². The van der Waals surface area contributed by atoms with Gasteiger partial charge in [-0.1, -0.05) is 33.6 Å². The highest BCUT2D eigenvalue weighted by Crippen LogP contribution is 2.28. The SMILES string of the molecule is CCOc1ccc(N(C(=O)C(C)Oc2cccc(Br)c2)S(=O)(=O)c2ccc(Cl)cc2)cc1. The van der Waals surface area contributed by atoms with Crippen molar-refractivity contribution in [1.82, 2.24) is 0 Å². The van der Waals surface area contributed by atoms with Crippen LogP contribution in [0, 0.1) is 0 Å². The maximum atomic E-state index is 13.5. The van der Waals surface area contributed by atoms with E-state index in [1.54, 1.807) is 30.3 Å². The first kappa shape index (κ1) is 24.1. The number of ether oxygens (including phenoxy) is 2. The Labute approximate surface area is 200 Å². The number of nitrogens with zero attached hydrogens (tertiary/aromatic N) is 1. The van der Waals surface area contributed by atoms with Crippen molar-refractivity contribution < 1.29 is 22.7 Å². The first-order chi connectivity index (χ1) is 15.2. The molecule has 0 aromatic heterocycles. The number of amides is 1. The van der Waals surface area contributed by atoms with Crippen LogP contribution < -0.4 is 13.8 Å². The van der Waals surface area contributed by atoms with Gasteiger partial charge in [-0.15, -0.1) is 0 Å². The van der Waals surface area contributed by atoms with Gasteiger partial charge in [-0.2, -0.15) is 4.31 Å². The number of halogens is 2. The summed E-state index contributed by atoms with van der Waals surface area (Å²) in [4.78, 5) is 13.3. The molecular formula is C23H21BrClNO5S. The van der Waals surface area contributed by atoms with E-state index in [0.717, 1.165) is 8.78 Å². The Kier molecular flexibility index (Phi) is 7.82. The molecule has 3 aromatic rings. The lowest BCUT2D eigenvalue weighted by Gasteiger charge is -2.26. The summed E-state index contributed by atoms with van der Waals surface area (Å²) in [6, 6.07) is 18.8. The van der Waals surface area contributed by atoms with Crippen LogP contribution in [0.15, 0.2) is 82.2 Å². The molecule has 3 rings (SSSR count). The number of anilines is 1. The summed E-state index contributed by atoms with van der Waals surface area (Å²) < 4.78 is 39.6. The minimum absolute atomic E-state index is 0.0706. The lowest BCUT2D eigenvalue weighted by Crippen LogP contribution is -2.44. The van der Waals surface area contributed by atoms with Crippen molar-refractivity contribution in [2.75, 3.05) is 10.9 Å². The third-order valence-electron chi connectivity index (χ3n) is 4.39. The molecule has 0 aliphatic rings. The Bertz CT molecular complexity index is 1180. The molecule has 0 saturated heterocycles. The highest BCUT2D eigenvalue weighted by molar-refractivity contribution is 9.10. The van der Waals surface area contributed by atoms with Crippen molar-refractivity contribution >= 4 is 49.1 Å². The predicted molar refractivity (Wildman–Crippen MR) is 128 cm³/mol. The molecule has 0 fully saturated rings. The first-order valence-electron chi connectivity index (χ1n) is 9.72. The molecule has 1 amide bonds. The summed E-state index contributed by atoms with van der Waals surface area (Å²) in [6.07, 6.45) is -1.09. The van der Waals surface area contributed by atoms with Gasteiger partial charge in [0.25, 0.3) is 15.9 Å². The number of hydrogen-bond donors (Lipinski definition) is 0. The van der Waals surface area contributed by atoms with Crippen molar-refractivity contribution in [1.29, 1.82) is 0 Å². The molecule has 1 unspecified atom stereocenters. The molecule has 168 valence electrons. The maximum absolute atomic E-state index is 13.5. The smallest absolute Gasteiger partial charge is 0.281 e. The lowest BCUT2D eigenvalue weighted by atomic mass is 10.2. The molecule has 1 atom stereocenters. The van der Waals surface area contributed by atoms with Gasteiger partial charge in [0.2, 0.25) is 0 Å². The van der Waals surface area contributed by atoms with Gasteiger partial charge >= 0.3 is 0 Å². The fourth-order valence-electron chi connectivity index (χ4n) is 2.90. The van der Waals surface area contributed by atoms with Gasteiger partial charge in [0.1, 0.15) is 11.5 Å². The molecule has 0 saturated carbocycles. The molecule has 3 aromatic carbocycles. The van der Waals surface area contributed by atoms with Crippen LogP contribution in [0.2, 0.25) is 5.02 Å². The Hall–Kier alpha value is -2.55. The second kappa shape index (κ2) is 10.4. The quantitative estimate of drug-likeness (QED) is 0.368. The average Bonchev–Trinajstić information content (AvgIpc) is 2.75. The summed E-state index contributed by atoms with van der Waals surface area (Å²) in [5.41, 5.74) is 0.165. The van der Waals surface area contributed by atoms with Crippen LogP contribution >= 0.6 is 27.5 Å². The summed E-state index contributed by atoms with van der Waals surface area (Å²) in [6.45, 7) is 3.81. The van der Waals surface area contributed by atoms with Crippen molar-refractivity contribution in [2.45, 2.75) is 24.8 Å². The van der Waals surface area contributed by atoms with E-state index in [0.29, 0.717) is 23.1 Å². The highest BCUT2D eigenvalue weighted by atomic mass is 79.9. The zero-order valence-corrected chi connectivity index (χ0v) is 20.5. The minimum atomic E-state index is -4.25. The Morgan fingerprint density at radius 2 is 1.69 bits per heavy atom. The van der Waals surface area contributed by atoms with E-state index in [1.807, 2.05) is 13.0 Å². The van der Waals surface area contributed by atoms with E-state index < -0.39 is 22.0 Å². The molecule has 0 aliphatic carbocycles. The second-order valence-corrected chi connectivity index (χ2v) is 9.84. The zero-order chi connectivity index (χ0) is 23.3. The van der Waals surface area contributed by atoms with Crippen LogP contribution in [0.1, 0.15) is 13.8 Å². The van der Waals surface area contributed by atoms with Crippen LogP contribution in [-0.4, -0.2) is 27.0 Å². The van der Waals surface area contributed by atoms with Crippen LogP contribution in [0.5, 0.6) is 11.5 Å². The van der Waals surface area contributed by atoms with E-state index >= 15 is 0 Å². The van der Waals surface area contributed by atoms with Gasteiger partial charge in [-0.05, 0) is 80.6 Å².